The van der Waals surface area contributed by atoms with Crippen LogP contribution in [0.15, 0.2) is 34.8 Å². The average Bonchev–Trinajstić information content (AvgIpc) is 2.37. The second-order valence-corrected chi connectivity index (χ2v) is 4.99. The molecule has 2 aromatic carbocycles. The largest absolute Gasteiger partial charge is 0.496 e. The number of methoxy groups -OCH3 is 1. The first-order chi connectivity index (χ1) is 9.43. The lowest BCUT2D eigenvalue weighted by atomic mass is 9.99. The molecule has 0 saturated heterocycles. The number of hydrogen-bond acceptors (Lipinski definition) is 2. The number of rotatable bonds is 3. The van der Waals surface area contributed by atoms with Crippen LogP contribution in [0, 0.1) is 17.5 Å². The van der Waals surface area contributed by atoms with Crippen LogP contribution >= 0.6 is 15.9 Å². The minimum Gasteiger partial charge on any atom is -0.496 e. The molecular formula is C14H10BrF3O2. The summed E-state index contributed by atoms with van der Waals surface area (Å²) in [5, 5.41) is 10.1. The Kier molecular flexibility index (Phi) is 4.35. The van der Waals surface area contributed by atoms with Crippen molar-refractivity contribution in [3.05, 3.63) is 63.4 Å². The summed E-state index contributed by atoms with van der Waals surface area (Å²) in [5.74, 6) is -3.09. The number of benzene rings is 2. The molecule has 2 aromatic rings. The Morgan fingerprint density at radius 1 is 1.10 bits per heavy atom. The van der Waals surface area contributed by atoms with Gasteiger partial charge in [0.25, 0.3) is 0 Å². The molecule has 0 amide bonds. The molecule has 20 heavy (non-hydrogen) atoms. The van der Waals surface area contributed by atoms with Gasteiger partial charge in [0.2, 0.25) is 0 Å². The Morgan fingerprint density at radius 2 is 1.70 bits per heavy atom. The lowest BCUT2D eigenvalue weighted by Gasteiger charge is -2.16. The fourth-order valence-corrected chi connectivity index (χ4v) is 2.22. The molecule has 0 aliphatic heterocycles. The van der Waals surface area contributed by atoms with Crippen molar-refractivity contribution in [2.24, 2.45) is 0 Å². The highest BCUT2D eigenvalue weighted by molar-refractivity contribution is 9.10. The molecule has 0 spiro atoms. The van der Waals surface area contributed by atoms with Crippen LogP contribution < -0.4 is 4.74 Å². The van der Waals surface area contributed by atoms with Crippen LogP contribution in [0.2, 0.25) is 0 Å². The van der Waals surface area contributed by atoms with Crippen molar-refractivity contribution in [3.8, 4) is 5.75 Å². The summed E-state index contributed by atoms with van der Waals surface area (Å²) in [6.07, 6.45) is -1.60. The second kappa shape index (κ2) is 5.85. The maximum absolute atomic E-state index is 13.7. The first-order valence-electron chi connectivity index (χ1n) is 5.60. The van der Waals surface area contributed by atoms with Crippen molar-refractivity contribution in [2.75, 3.05) is 7.11 Å². The van der Waals surface area contributed by atoms with E-state index in [0.717, 1.165) is 0 Å². The summed E-state index contributed by atoms with van der Waals surface area (Å²) in [6, 6.07) is 5.66. The molecule has 0 aliphatic carbocycles. The van der Waals surface area contributed by atoms with Gasteiger partial charge in [0.15, 0.2) is 0 Å². The van der Waals surface area contributed by atoms with E-state index in [1.165, 1.54) is 13.2 Å². The highest BCUT2D eigenvalue weighted by Gasteiger charge is 2.23. The van der Waals surface area contributed by atoms with E-state index in [0.29, 0.717) is 16.6 Å². The fraction of sp³-hybridized carbons (Fsp3) is 0.143. The van der Waals surface area contributed by atoms with Gasteiger partial charge in [-0.15, -0.1) is 0 Å². The van der Waals surface area contributed by atoms with Crippen molar-refractivity contribution in [1.29, 1.82) is 0 Å². The molecule has 1 atom stereocenters. The van der Waals surface area contributed by atoms with Gasteiger partial charge in [0.05, 0.1) is 12.7 Å². The molecule has 1 unspecified atom stereocenters. The van der Waals surface area contributed by atoms with Crippen LogP contribution in [0.25, 0.3) is 0 Å². The van der Waals surface area contributed by atoms with Crippen molar-refractivity contribution >= 4 is 15.9 Å². The third-order valence-electron chi connectivity index (χ3n) is 2.81. The number of aliphatic hydroxyl groups is 1. The molecule has 106 valence electrons. The van der Waals surface area contributed by atoms with Crippen LogP contribution in [0.5, 0.6) is 5.75 Å². The quantitative estimate of drug-likeness (QED) is 0.911. The van der Waals surface area contributed by atoms with E-state index in [2.05, 4.69) is 15.9 Å². The van der Waals surface area contributed by atoms with Crippen LogP contribution in [0.1, 0.15) is 17.2 Å². The zero-order valence-electron chi connectivity index (χ0n) is 10.3. The maximum Gasteiger partial charge on any atom is 0.135 e. The summed E-state index contributed by atoms with van der Waals surface area (Å²) < 4.78 is 46.0. The molecule has 0 bridgehead atoms. The summed E-state index contributed by atoms with van der Waals surface area (Å²) in [7, 11) is 1.37. The predicted octanol–water partition coefficient (Wildman–Crippen LogP) is 3.96. The Balaban J connectivity index is 2.54. The molecule has 0 aliphatic rings. The fourth-order valence-electron chi connectivity index (χ4n) is 1.88. The van der Waals surface area contributed by atoms with E-state index in [1.54, 1.807) is 12.1 Å². The van der Waals surface area contributed by atoms with Gasteiger partial charge >= 0.3 is 0 Å². The Labute approximate surface area is 121 Å². The highest BCUT2D eigenvalue weighted by Crippen LogP contribution is 2.34. The third kappa shape index (κ3) is 2.81. The average molecular weight is 347 g/mol. The van der Waals surface area contributed by atoms with Crippen molar-refractivity contribution in [1.82, 2.24) is 0 Å². The second-order valence-electron chi connectivity index (χ2n) is 4.07. The zero-order chi connectivity index (χ0) is 14.9. The van der Waals surface area contributed by atoms with Gasteiger partial charge in [-0.25, -0.2) is 13.2 Å². The van der Waals surface area contributed by atoms with Gasteiger partial charge in [-0.05, 0) is 12.1 Å². The first kappa shape index (κ1) is 14.9. The third-order valence-corrected chi connectivity index (χ3v) is 3.30. The smallest absolute Gasteiger partial charge is 0.135 e. The van der Waals surface area contributed by atoms with E-state index >= 15 is 0 Å². The molecular weight excluding hydrogens is 337 g/mol. The SMILES string of the molecule is COc1cc(Br)ccc1C(O)c1c(F)cc(F)cc1F. The summed E-state index contributed by atoms with van der Waals surface area (Å²) in [6.45, 7) is 0. The maximum atomic E-state index is 13.7. The van der Waals surface area contributed by atoms with E-state index in [9.17, 15) is 18.3 Å². The Hall–Kier alpha value is -1.53. The molecule has 2 rings (SSSR count). The van der Waals surface area contributed by atoms with Gasteiger partial charge < -0.3 is 9.84 Å². The van der Waals surface area contributed by atoms with E-state index in [4.69, 9.17) is 4.74 Å². The summed E-state index contributed by atoms with van der Waals surface area (Å²) >= 11 is 3.22. The predicted molar refractivity (Wildman–Crippen MR) is 71.1 cm³/mol. The molecule has 6 heteroatoms. The van der Waals surface area contributed by atoms with Crippen LogP contribution in [-0.2, 0) is 0 Å². The summed E-state index contributed by atoms with van der Waals surface area (Å²) in [4.78, 5) is 0. The first-order valence-corrected chi connectivity index (χ1v) is 6.39. The van der Waals surface area contributed by atoms with Crippen LogP contribution in [0.3, 0.4) is 0 Å². The van der Waals surface area contributed by atoms with E-state index < -0.39 is 29.1 Å². The number of hydrogen-bond donors (Lipinski definition) is 1. The van der Waals surface area contributed by atoms with Gasteiger partial charge in [0.1, 0.15) is 29.3 Å². The monoisotopic (exact) mass is 346 g/mol. The number of halogens is 4. The molecule has 0 fully saturated rings. The molecule has 1 N–H and O–H groups in total. The lowest BCUT2D eigenvalue weighted by molar-refractivity contribution is 0.203. The normalized spacial score (nSPS) is 12.3. The van der Waals surface area contributed by atoms with Crippen LogP contribution in [0.4, 0.5) is 13.2 Å². The Bertz CT molecular complexity index is 623. The topological polar surface area (TPSA) is 29.5 Å². The van der Waals surface area contributed by atoms with Crippen molar-refractivity contribution < 1.29 is 23.0 Å². The Morgan fingerprint density at radius 3 is 2.25 bits per heavy atom. The van der Waals surface area contributed by atoms with Crippen molar-refractivity contribution in [2.45, 2.75) is 6.10 Å². The number of ether oxygens (including phenoxy) is 1. The molecule has 0 heterocycles. The number of aliphatic hydroxyl groups excluding tert-OH is 1. The van der Waals surface area contributed by atoms with Crippen LogP contribution in [-0.4, -0.2) is 12.2 Å². The highest BCUT2D eigenvalue weighted by atomic mass is 79.9. The van der Waals surface area contributed by atoms with Gasteiger partial charge in [-0.2, -0.15) is 0 Å². The lowest BCUT2D eigenvalue weighted by Crippen LogP contribution is -2.08. The molecule has 0 radical (unpaired) electrons. The minimum atomic E-state index is -1.60. The standard InChI is InChI=1S/C14H10BrF3O2/c1-20-12-4-7(15)2-3-9(12)14(19)13-10(17)5-8(16)6-11(13)18/h2-6,14,19H,1H3. The summed E-state index contributed by atoms with van der Waals surface area (Å²) in [5.41, 5.74) is -0.438. The van der Waals surface area contributed by atoms with Gasteiger partial charge in [-0.3, -0.25) is 0 Å². The van der Waals surface area contributed by atoms with Gasteiger partial charge in [-0.1, -0.05) is 22.0 Å². The van der Waals surface area contributed by atoms with Crippen molar-refractivity contribution in [3.63, 3.8) is 0 Å². The molecule has 0 saturated carbocycles. The molecule has 0 aromatic heterocycles. The molecule has 2 nitrogen and oxygen atoms in total. The van der Waals surface area contributed by atoms with E-state index in [1.807, 2.05) is 0 Å². The van der Waals surface area contributed by atoms with E-state index in [-0.39, 0.29) is 11.3 Å². The minimum absolute atomic E-state index is 0.181. The zero-order valence-corrected chi connectivity index (χ0v) is 11.9. The van der Waals surface area contributed by atoms with Gasteiger partial charge in [0, 0.05) is 22.2 Å².